The van der Waals surface area contributed by atoms with Crippen molar-refractivity contribution < 1.29 is 9.47 Å². The standard InChI is InChI=1S/C18H26O2/c1-4-5-6-11-18(19-13-16(3)14-20-18)12-17-9-7-15(2)8-10-17/h15-17H,7-10,12-14H2,1-3H3. The van der Waals surface area contributed by atoms with Crippen LogP contribution < -0.4 is 0 Å². The molecule has 20 heavy (non-hydrogen) atoms. The van der Waals surface area contributed by atoms with Gasteiger partial charge < -0.3 is 9.47 Å². The molecule has 0 bridgehead atoms. The Labute approximate surface area is 123 Å². The second-order valence-electron chi connectivity index (χ2n) is 6.44. The molecule has 2 nitrogen and oxygen atoms in total. The van der Waals surface area contributed by atoms with E-state index in [2.05, 4.69) is 37.5 Å². The highest BCUT2D eigenvalue weighted by Crippen LogP contribution is 2.36. The monoisotopic (exact) mass is 274 g/mol. The molecule has 2 heteroatoms. The smallest absolute Gasteiger partial charge is 0.234 e. The van der Waals surface area contributed by atoms with E-state index >= 15 is 0 Å². The normalized spacial score (nSPS) is 37.2. The van der Waals surface area contributed by atoms with E-state index < -0.39 is 5.79 Å². The van der Waals surface area contributed by atoms with Crippen molar-refractivity contribution in [2.24, 2.45) is 17.8 Å². The van der Waals surface area contributed by atoms with E-state index in [0.29, 0.717) is 11.8 Å². The SMILES string of the molecule is CC#CC#CC1(CC2CCC(C)CC2)OCC(C)CO1. The molecule has 0 amide bonds. The van der Waals surface area contributed by atoms with Gasteiger partial charge in [0.15, 0.2) is 0 Å². The van der Waals surface area contributed by atoms with Crippen molar-refractivity contribution in [3.63, 3.8) is 0 Å². The Morgan fingerprint density at radius 2 is 1.60 bits per heavy atom. The van der Waals surface area contributed by atoms with E-state index in [1.807, 2.05) is 0 Å². The molecule has 0 aromatic carbocycles. The Morgan fingerprint density at radius 1 is 0.950 bits per heavy atom. The zero-order valence-electron chi connectivity index (χ0n) is 13.0. The molecule has 0 spiro atoms. The predicted octanol–water partition coefficient (Wildman–Crippen LogP) is 3.61. The largest absolute Gasteiger partial charge is 0.339 e. The minimum absolute atomic E-state index is 0.452. The Kier molecular flexibility index (Phi) is 5.53. The molecular formula is C18H26O2. The second kappa shape index (κ2) is 7.16. The molecule has 0 radical (unpaired) electrons. The van der Waals surface area contributed by atoms with Gasteiger partial charge >= 0.3 is 0 Å². The van der Waals surface area contributed by atoms with Crippen LogP contribution in [-0.4, -0.2) is 19.0 Å². The molecule has 1 heterocycles. The Bertz CT molecular complexity index is 416. The summed E-state index contributed by atoms with van der Waals surface area (Å²) in [5.74, 6) is 12.9. The molecule has 0 unspecified atom stereocenters. The fourth-order valence-corrected chi connectivity index (χ4v) is 2.99. The van der Waals surface area contributed by atoms with Crippen molar-refractivity contribution in [3.05, 3.63) is 0 Å². The van der Waals surface area contributed by atoms with E-state index in [1.54, 1.807) is 6.92 Å². The quantitative estimate of drug-likeness (QED) is 0.716. The minimum atomic E-state index is -0.707. The van der Waals surface area contributed by atoms with Gasteiger partial charge in [-0.25, -0.2) is 0 Å². The van der Waals surface area contributed by atoms with Crippen LogP contribution in [0.5, 0.6) is 0 Å². The van der Waals surface area contributed by atoms with Gasteiger partial charge in [-0.15, -0.1) is 0 Å². The van der Waals surface area contributed by atoms with E-state index in [4.69, 9.17) is 9.47 Å². The first-order chi connectivity index (χ1) is 9.63. The zero-order valence-corrected chi connectivity index (χ0v) is 13.0. The van der Waals surface area contributed by atoms with Crippen LogP contribution in [0.1, 0.15) is 52.9 Å². The van der Waals surface area contributed by atoms with E-state index in [1.165, 1.54) is 25.7 Å². The first-order valence-electron chi connectivity index (χ1n) is 7.85. The first-order valence-corrected chi connectivity index (χ1v) is 7.85. The summed E-state index contributed by atoms with van der Waals surface area (Å²) >= 11 is 0. The summed E-state index contributed by atoms with van der Waals surface area (Å²) in [5.41, 5.74) is 0. The molecular weight excluding hydrogens is 248 g/mol. The van der Waals surface area contributed by atoms with Crippen molar-refractivity contribution in [2.45, 2.75) is 58.7 Å². The van der Waals surface area contributed by atoms with Crippen molar-refractivity contribution in [2.75, 3.05) is 13.2 Å². The third-order valence-electron chi connectivity index (χ3n) is 4.34. The van der Waals surface area contributed by atoms with E-state index in [0.717, 1.165) is 25.6 Å². The lowest BCUT2D eigenvalue weighted by Gasteiger charge is -2.39. The second-order valence-corrected chi connectivity index (χ2v) is 6.44. The summed E-state index contributed by atoms with van der Waals surface area (Å²) in [4.78, 5) is 0. The topological polar surface area (TPSA) is 18.5 Å². The molecule has 110 valence electrons. The summed E-state index contributed by atoms with van der Waals surface area (Å²) < 4.78 is 12.0. The number of hydrogen-bond donors (Lipinski definition) is 0. The summed E-state index contributed by atoms with van der Waals surface area (Å²) in [6.07, 6.45) is 6.07. The molecule has 0 aromatic heterocycles. The lowest BCUT2D eigenvalue weighted by Crippen LogP contribution is -2.44. The van der Waals surface area contributed by atoms with Crippen LogP contribution in [0.25, 0.3) is 0 Å². The maximum atomic E-state index is 5.99. The molecule has 0 N–H and O–H groups in total. The average molecular weight is 274 g/mol. The zero-order chi connectivity index (χ0) is 14.4. The molecule has 2 aliphatic rings. The maximum Gasteiger partial charge on any atom is 0.234 e. The summed E-state index contributed by atoms with van der Waals surface area (Å²) in [7, 11) is 0. The van der Waals surface area contributed by atoms with Crippen molar-refractivity contribution in [1.29, 1.82) is 0 Å². The van der Waals surface area contributed by atoms with Crippen LogP contribution in [0, 0.1) is 41.4 Å². The lowest BCUT2D eigenvalue weighted by atomic mass is 9.79. The fourth-order valence-electron chi connectivity index (χ4n) is 2.99. The molecule has 1 saturated heterocycles. The predicted molar refractivity (Wildman–Crippen MR) is 80.8 cm³/mol. The van der Waals surface area contributed by atoms with E-state index in [-0.39, 0.29) is 0 Å². The summed E-state index contributed by atoms with van der Waals surface area (Å²) in [6, 6.07) is 0. The highest BCUT2D eigenvalue weighted by Gasteiger charge is 2.38. The number of hydrogen-bond acceptors (Lipinski definition) is 2. The van der Waals surface area contributed by atoms with Gasteiger partial charge in [0.1, 0.15) is 0 Å². The van der Waals surface area contributed by atoms with Crippen LogP contribution in [-0.2, 0) is 9.47 Å². The van der Waals surface area contributed by atoms with Crippen molar-refractivity contribution in [1.82, 2.24) is 0 Å². The lowest BCUT2D eigenvalue weighted by molar-refractivity contribution is -0.254. The highest BCUT2D eigenvalue weighted by atomic mass is 16.7. The summed E-state index contributed by atoms with van der Waals surface area (Å²) in [5, 5.41) is 0. The molecule has 1 aliphatic carbocycles. The van der Waals surface area contributed by atoms with Gasteiger partial charge in [-0.1, -0.05) is 32.6 Å². The van der Waals surface area contributed by atoms with Crippen LogP contribution >= 0.6 is 0 Å². The van der Waals surface area contributed by atoms with E-state index in [9.17, 15) is 0 Å². The van der Waals surface area contributed by atoms with Crippen LogP contribution in [0.4, 0.5) is 0 Å². The third-order valence-corrected chi connectivity index (χ3v) is 4.34. The van der Waals surface area contributed by atoms with Gasteiger partial charge in [0.25, 0.3) is 0 Å². The third kappa shape index (κ3) is 4.27. The number of rotatable bonds is 2. The molecule has 2 rings (SSSR count). The Hall–Kier alpha value is -0.960. The highest BCUT2D eigenvalue weighted by molar-refractivity contribution is 5.28. The van der Waals surface area contributed by atoms with Gasteiger partial charge in [0.2, 0.25) is 5.79 Å². The van der Waals surface area contributed by atoms with Gasteiger partial charge in [0.05, 0.1) is 13.2 Å². The molecule has 0 atom stereocenters. The first kappa shape index (κ1) is 15.4. The maximum absolute atomic E-state index is 5.99. The average Bonchev–Trinajstić information content (AvgIpc) is 2.45. The molecule has 2 fully saturated rings. The Morgan fingerprint density at radius 3 is 2.20 bits per heavy atom. The molecule has 0 aromatic rings. The molecule has 1 aliphatic heterocycles. The van der Waals surface area contributed by atoms with Gasteiger partial charge in [-0.05, 0) is 49.4 Å². The number of ether oxygens (including phenoxy) is 2. The molecule has 1 saturated carbocycles. The van der Waals surface area contributed by atoms with Gasteiger partial charge in [-0.2, -0.15) is 0 Å². The minimum Gasteiger partial charge on any atom is -0.339 e. The van der Waals surface area contributed by atoms with Gasteiger partial charge in [-0.3, -0.25) is 0 Å². The Balaban J connectivity index is 2.02. The van der Waals surface area contributed by atoms with Crippen molar-refractivity contribution in [3.8, 4) is 23.7 Å². The van der Waals surface area contributed by atoms with Crippen molar-refractivity contribution >= 4 is 0 Å². The van der Waals surface area contributed by atoms with Crippen LogP contribution in [0.2, 0.25) is 0 Å². The van der Waals surface area contributed by atoms with Crippen LogP contribution in [0.15, 0.2) is 0 Å². The van der Waals surface area contributed by atoms with Gasteiger partial charge in [0, 0.05) is 12.3 Å². The summed E-state index contributed by atoms with van der Waals surface area (Å²) in [6.45, 7) is 7.76. The van der Waals surface area contributed by atoms with Crippen LogP contribution in [0.3, 0.4) is 0 Å². The fraction of sp³-hybridized carbons (Fsp3) is 0.778.